The van der Waals surface area contributed by atoms with E-state index in [9.17, 15) is 19.6 Å². The number of hydrogen-bond acceptors (Lipinski definition) is 8. The molecule has 2 aromatic carbocycles. The molecule has 1 saturated heterocycles. The summed E-state index contributed by atoms with van der Waals surface area (Å²) in [6.45, 7) is 0.130. The van der Waals surface area contributed by atoms with Crippen LogP contribution in [0.15, 0.2) is 36.4 Å². The molecule has 3 atom stereocenters. The summed E-state index contributed by atoms with van der Waals surface area (Å²) in [5, 5.41) is 28.9. The number of carbonyl (C=O) groups is 3. The normalized spacial score (nSPS) is 24.0. The highest BCUT2D eigenvalue weighted by molar-refractivity contribution is 5.94. The standard InChI is InChI=1S/C31H33N9O3/c32-14-22-12-21-13-25(21)40(22)26(41)15-35-30(8-1-9-30)16-31(29-36-38-39-37-29)23-6-4-19(27(33)42)10-17(23)2-3-18-11-20(28(34)43)5-7-24(18)31/h4-7,10-11,21-22,25,35H,1-3,8-9,12-13,15-16H2,(H2,33,42)(H2,34,43)(H,36,37,38,39)/t21-,22+,25+/m1/s1. The van der Waals surface area contributed by atoms with E-state index in [1.54, 1.807) is 17.0 Å². The largest absolute Gasteiger partial charge is 0.366 e. The van der Waals surface area contributed by atoms with Crippen LogP contribution in [0.2, 0.25) is 0 Å². The number of carbonyl (C=O) groups excluding carboxylic acids is 3. The monoisotopic (exact) mass is 579 g/mol. The van der Waals surface area contributed by atoms with Crippen LogP contribution in [0.25, 0.3) is 0 Å². The highest BCUT2D eigenvalue weighted by atomic mass is 16.2. The van der Waals surface area contributed by atoms with Gasteiger partial charge in [-0.1, -0.05) is 17.3 Å². The molecule has 4 aliphatic rings. The van der Waals surface area contributed by atoms with Crippen molar-refractivity contribution in [2.45, 2.75) is 74.4 Å². The van der Waals surface area contributed by atoms with Crippen LogP contribution in [0.1, 0.15) is 87.3 Å². The minimum absolute atomic E-state index is 0.0460. The molecule has 3 aromatic rings. The lowest BCUT2D eigenvalue weighted by molar-refractivity contribution is -0.131. The summed E-state index contributed by atoms with van der Waals surface area (Å²) in [5.41, 5.74) is 14.5. The zero-order valence-electron chi connectivity index (χ0n) is 23.7. The van der Waals surface area contributed by atoms with E-state index in [0.717, 1.165) is 54.4 Å². The molecule has 12 heteroatoms. The van der Waals surface area contributed by atoms with E-state index in [0.29, 0.717) is 42.1 Å². The number of likely N-dealkylation sites (tertiary alicyclic amines) is 1. The lowest BCUT2D eigenvalue weighted by Crippen LogP contribution is -2.58. The molecule has 220 valence electrons. The molecule has 1 aromatic heterocycles. The predicted octanol–water partition coefficient (Wildman–Crippen LogP) is 1.25. The third-order valence-electron chi connectivity index (χ3n) is 10.2. The molecule has 2 heterocycles. The number of fused-ring (bicyclic) bond motifs is 3. The second-order valence-electron chi connectivity index (χ2n) is 12.5. The van der Waals surface area contributed by atoms with Crippen LogP contribution in [0, 0.1) is 17.2 Å². The molecule has 3 amide bonds. The number of nitrogens with one attached hydrogen (secondary N) is 2. The van der Waals surface area contributed by atoms with E-state index < -0.39 is 22.8 Å². The molecular formula is C31H33N9O3. The van der Waals surface area contributed by atoms with Crippen molar-refractivity contribution in [1.29, 1.82) is 5.26 Å². The molecular weight excluding hydrogens is 546 g/mol. The van der Waals surface area contributed by atoms with E-state index in [2.05, 4.69) is 32.0 Å². The number of benzene rings is 2. The topological polar surface area (TPSA) is 197 Å². The van der Waals surface area contributed by atoms with Crippen LogP contribution in [0.3, 0.4) is 0 Å². The first-order valence-corrected chi connectivity index (χ1v) is 14.8. The van der Waals surface area contributed by atoms with Crippen LogP contribution >= 0.6 is 0 Å². The van der Waals surface area contributed by atoms with Crippen molar-refractivity contribution >= 4 is 17.7 Å². The summed E-state index contributed by atoms with van der Waals surface area (Å²) in [6, 6.07) is 13.1. The number of rotatable bonds is 8. The molecule has 3 fully saturated rings. The van der Waals surface area contributed by atoms with Crippen LogP contribution in [-0.4, -0.2) is 67.4 Å². The molecule has 2 saturated carbocycles. The van der Waals surface area contributed by atoms with Gasteiger partial charge >= 0.3 is 0 Å². The Morgan fingerprint density at radius 3 is 2.19 bits per heavy atom. The van der Waals surface area contributed by atoms with Gasteiger partial charge in [-0.05, 0) is 104 Å². The van der Waals surface area contributed by atoms with Gasteiger partial charge in [0.1, 0.15) is 6.04 Å². The smallest absolute Gasteiger partial charge is 0.248 e. The number of nitrogens with two attached hydrogens (primary N) is 2. The van der Waals surface area contributed by atoms with Crippen molar-refractivity contribution in [1.82, 2.24) is 30.8 Å². The lowest BCUT2D eigenvalue weighted by Gasteiger charge is -2.49. The van der Waals surface area contributed by atoms with Gasteiger partial charge in [-0.3, -0.25) is 14.4 Å². The van der Waals surface area contributed by atoms with Crippen molar-refractivity contribution in [3.8, 4) is 6.07 Å². The zero-order valence-corrected chi connectivity index (χ0v) is 23.7. The van der Waals surface area contributed by atoms with Gasteiger partial charge in [0.15, 0.2) is 5.82 Å². The van der Waals surface area contributed by atoms with Crippen LogP contribution in [0.4, 0.5) is 0 Å². The summed E-state index contributed by atoms with van der Waals surface area (Å²) in [4.78, 5) is 39.6. The quantitative estimate of drug-likeness (QED) is 0.306. The maximum Gasteiger partial charge on any atom is 0.248 e. The van der Waals surface area contributed by atoms with Crippen LogP contribution in [-0.2, 0) is 23.1 Å². The number of aromatic amines is 1. The molecule has 12 nitrogen and oxygen atoms in total. The van der Waals surface area contributed by atoms with Gasteiger partial charge in [-0.15, -0.1) is 10.2 Å². The molecule has 0 spiro atoms. The molecule has 7 rings (SSSR count). The molecule has 3 aliphatic carbocycles. The van der Waals surface area contributed by atoms with Gasteiger partial charge in [0.05, 0.1) is 18.0 Å². The van der Waals surface area contributed by atoms with Crippen molar-refractivity contribution < 1.29 is 14.4 Å². The Hall–Kier alpha value is -4.63. The minimum atomic E-state index is -0.929. The summed E-state index contributed by atoms with van der Waals surface area (Å²) in [6.07, 6.45) is 6.08. The third kappa shape index (κ3) is 4.38. The molecule has 1 aliphatic heterocycles. The molecule has 0 radical (unpaired) electrons. The van der Waals surface area contributed by atoms with Crippen molar-refractivity contribution in [3.05, 3.63) is 75.6 Å². The fraction of sp³-hybridized carbons (Fsp3) is 0.452. The van der Waals surface area contributed by atoms with Gasteiger partial charge in [0.2, 0.25) is 17.7 Å². The maximum absolute atomic E-state index is 13.5. The Morgan fingerprint density at radius 1 is 1.02 bits per heavy atom. The number of aromatic nitrogens is 4. The predicted molar refractivity (Wildman–Crippen MR) is 153 cm³/mol. The number of primary amides is 2. The minimum Gasteiger partial charge on any atom is -0.366 e. The zero-order chi connectivity index (χ0) is 29.9. The van der Waals surface area contributed by atoms with Gasteiger partial charge in [0, 0.05) is 22.7 Å². The third-order valence-corrected chi connectivity index (χ3v) is 10.2. The van der Waals surface area contributed by atoms with Crippen molar-refractivity contribution in [2.24, 2.45) is 17.4 Å². The lowest BCUT2D eigenvalue weighted by atomic mass is 9.60. The van der Waals surface area contributed by atoms with E-state index >= 15 is 0 Å². The van der Waals surface area contributed by atoms with Crippen molar-refractivity contribution in [2.75, 3.05) is 6.54 Å². The molecule has 43 heavy (non-hydrogen) atoms. The second kappa shape index (κ2) is 9.98. The fourth-order valence-corrected chi connectivity index (χ4v) is 7.82. The number of hydrogen-bond donors (Lipinski definition) is 4. The Kier molecular flexibility index (Phi) is 6.32. The first-order valence-electron chi connectivity index (χ1n) is 14.8. The number of tetrazole rings is 1. The Morgan fingerprint density at radius 2 is 1.67 bits per heavy atom. The molecule has 0 unspecified atom stereocenters. The van der Waals surface area contributed by atoms with Crippen LogP contribution < -0.4 is 16.8 Å². The summed E-state index contributed by atoms with van der Waals surface area (Å²) in [5.74, 6) is -0.175. The average molecular weight is 580 g/mol. The van der Waals surface area contributed by atoms with E-state index in [-0.39, 0.29) is 24.5 Å². The Balaban J connectivity index is 1.33. The van der Waals surface area contributed by atoms with E-state index in [1.165, 1.54) is 0 Å². The van der Waals surface area contributed by atoms with Crippen molar-refractivity contribution in [3.63, 3.8) is 0 Å². The maximum atomic E-state index is 13.5. The summed E-state index contributed by atoms with van der Waals surface area (Å²) < 4.78 is 0. The highest BCUT2D eigenvalue weighted by Gasteiger charge is 2.55. The van der Waals surface area contributed by atoms with Gasteiger partial charge in [-0.25, -0.2) is 0 Å². The molecule has 0 bridgehead atoms. The average Bonchev–Trinajstić information content (AvgIpc) is 3.36. The number of nitriles is 1. The number of piperidine rings is 1. The Labute approximate surface area is 248 Å². The fourth-order valence-electron chi connectivity index (χ4n) is 7.82. The highest BCUT2D eigenvalue weighted by Crippen LogP contribution is 2.52. The van der Waals surface area contributed by atoms with Crippen LogP contribution in [0.5, 0.6) is 0 Å². The molecule has 6 N–H and O–H groups in total. The number of nitrogens with zero attached hydrogens (tertiary/aromatic N) is 5. The van der Waals surface area contributed by atoms with Gasteiger partial charge in [-0.2, -0.15) is 10.5 Å². The van der Waals surface area contributed by atoms with E-state index in [4.69, 9.17) is 11.5 Å². The first-order chi connectivity index (χ1) is 20.7. The first kappa shape index (κ1) is 27.2. The number of aryl methyl sites for hydroxylation is 2. The summed E-state index contributed by atoms with van der Waals surface area (Å²) in [7, 11) is 0. The van der Waals surface area contributed by atoms with Gasteiger partial charge in [0.25, 0.3) is 0 Å². The van der Waals surface area contributed by atoms with E-state index in [1.807, 2.05) is 24.3 Å². The SMILES string of the molecule is N#C[C@@H]1C[C@@H]2C[C@@H]2N1C(=O)CNC1(CC2(c3nn[nH]n3)c3ccc(C(N)=O)cc3CCc3cc(C(N)=O)ccc32)CCC1. The van der Waals surface area contributed by atoms with Gasteiger partial charge < -0.3 is 21.7 Å². The Bertz CT molecular complexity index is 1610. The second-order valence-corrected chi connectivity index (χ2v) is 12.5. The number of amides is 3. The number of H-pyrrole nitrogens is 1. The summed E-state index contributed by atoms with van der Waals surface area (Å²) >= 11 is 0.